The maximum absolute atomic E-state index is 12.7. The molecule has 0 spiro atoms. The van der Waals surface area contributed by atoms with E-state index in [1.165, 1.54) is 18.2 Å². The number of benzene rings is 3. The summed E-state index contributed by atoms with van der Waals surface area (Å²) < 4.78 is 30.0. The third kappa shape index (κ3) is 4.37. The number of hydrogen-bond acceptors (Lipinski definition) is 5. The van der Waals surface area contributed by atoms with Crippen LogP contribution in [0.25, 0.3) is 10.2 Å². The SMILES string of the molecule is CCn1c(=O)sc2cc(NC(=O)c3cccc(NS(=O)(=O)c4ccccc4)c3)ccc21. The lowest BCUT2D eigenvalue weighted by Crippen LogP contribution is -2.15. The molecule has 1 amide bonds. The van der Waals surface area contributed by atoms with E-state index in [1.54, 1.807) is 59.2 Å². The molecule has 9 heteroatoms. The number of hydrogen-bond donors (Lipinski definition) is 2. The summed E-state index contributed by atoms with van der Waals surface area (Å²) in [6, 6.07) is 19.6. The smallest absolute Gasteiger partial charge is 0.308 e. The van der Waals surface area contributed by atoms with Crippen LogP contribution in [0.15, 0.2) is 82.5 Å². The van der Waals surface area contributed by atoms with E-state index >= 15 is 0 Å². The number of fused-ring (bicyclic) bond motifs is 1. The van der Waals surface area contributed by atoms with E-state index in [0.717, 1.165) is 21.6 Å². The number of amides is 1. The molecule has 1 aromatic heterocycles. The van der Waals surface area contributed by atoms with Crippen LogP contribution >= 0.6 is 11.3 Å². The Labute approximate surface area is 183 Å². The molecule has 4 aromatic rings. The van der Waals surface area contributed by atoms with Crippen LogP contribution in [0.4, 0.5) is 11.4 Å². The summed E-state index contributed by atoms with van der Waals surface area (Å²) in [4.78, 5) is 24.8. The van der Waals surface area contributed by atoms with Gasteiger partial charge in [0.2, 0.25) is 0 Å². The third-order valence-electron chi connectivity index (χ3n) is 4.67. The standard InChI is InChI=1S/C22H19N3O4S2/c1-2-25-19-12-11-16(14-20(19)30-22(25)27)23-21(26)15-7-6-8-17(13-15)24-31(28,29)18-9-4-3-5-10-18/h3-14,24H,2H2,1H3,(H,23,26). The predicted molar refractivity (Wildman–Crippen MR) is 123 cm³/mol. The molecular formula is C22H19N3O4S2. The van der Waals surface area contributed by atoms with Gasteiger partial charge in [0.1, 0.15) is 0 Å². The number of nitrogens with zero attached hydrogens (tertiary/aromatic N) is 1. The first-order chi connectivity index (χ1) is 14.9. The van der Waals surface area contributed by atoms with E-state index in [0.29, 0.717) is 17.8 Å². The zero-order chi connectivity index (χ0) is 22.0. The number of rotatable bonds is 6. The van der Waals surface area contributed by atoms with Crippen molar-refractivity contribution < 1.29 is 13.2 Å². The van der Waals surface area contributed by atoms with E-state index in [-0.39, 0.29) is 21.4 Å². The number of sulfonamides is 1. The monoisotopic (exact) mass is 453 g/mol. The molecule has 7 nitrogen and oxygen atoms in total. The van der Waals surface area contributed by atoms with Crippen molar-refractivity contribution in [2.45, 2.75) is 18.4 Å². The third-order valence-corrected chi connectivity index (χ3v) is 7.01. The summed E-state index contributed by atoms with van der Waals surface area (Å²) in [5.41, 5.74) is 1.96. The molecule has 4 rings (SSSR count). The van der Waals surface area contributed by atoms with Crippen molar-refractivity contribution in [3.05, 3.63) is 88.0 Å². The quantitative estimate of drug-likeness (QED) is 0.459. The van der Waals surface area contributed by atoms with Crippen molar-refractivity contribution in [1.29, 1.82) is 0 Å². The highest BCUT2D eigenvalue weighted by molar-refractivity contribution is 7.92. The van der Waals surface area contributed by atoms with Crippen LogP contribution < -0.4 is 14.9 Å². The number of aromatic nitrogens is 1. The first-order valence-electron chi connectivity index (χ1n) is 9.50. The van der Waals surface area contributed by atoms with E-state index in [2.05, 4.69) is 10.0 Å². The number of thiazole rings is 1. The number of aryl methyl sites for hydroxylation is 1. The van der Waals surface area contributed by atoms with Gasteiger partial charge in [0.25, 0.3) is 15.9 Å². The Balaban J connectivity index is 1.55. The highest BCUT2D eigenvalue weighted by Crippen LogP contribution is 2.23. The minimum absolute atomic E-state index is 0.0422. The zero-order valence-corrected chi connectivity index (χ0v) is 18.2. The molecule has 0 radical (unpaired) electrons. The van der Waals surface area contributed by atoms with Crippen molar-refractivity contribution in [1.82, 2.24) is 4.57 Å². The van der Waals surface area contributed by atoms with Gasteiger partial charge in [-0.25, -0.2) is 8.42 Å². The first-order valence-corrected chi connectivity index (χ1v) is 11.8. The molecule has 0 unspecified atom stereocenters. The Morgan fingerprint density at radius 1 is 0.968 bits per heavy atom. The summed E-state index contributed by atoms with van der Waals surface area (Å²) in [6.07, 6.45) is 0. The highest BCUT2D eigenvalue weighted by Gasteiger charge is 2.15. The van der Waals surface area contributed by atoms with Crippen molar-refractivity contribution in [2.75, 3.05) is 10.0 Å². The average molecular weight is 454 g/mol. The molecule has 158 valence electrons. The second-order valence-corrected chi connectivity index (χ2v) is 9.42. The largest absolute Gasteiger partial charge is 0.322 e. The number of anilines is 2. The summed E-state index contributed by atoms with van der Waals surface area (Å²) in [5.74, 6) is -0.387. The Bertz CT molecular complexity index is 1420. The van der Waals surface area contributed by atoms with Gasteiger partial charge in [-0.3, -0.25) is 18.9 Å². The predicted octanol–water partition coefficient (Wildman–Crippen LogP) is 4.14. The molecule has 0 atom stereocenters. The van der Waals surface area contributed by atoms with Crippen molar-refractivity contribution >= 4 is 48.9 Å². The Hall–Kier alpha value is -3.43. The van der Waals surface area contributed by atoms with E-state index in [9.17, 15) is 18.0 Å². The summed E-state index contributed by atoms with van der Waals surface area (Å²) in [5, 5.41) is 2.80. The molecule has 3 aromatic carbocycles. The molecule has 0 aliphatic rings. The van der Waals surface area contributed by atoms with Gasteiger partial charge in [-0.05, 0) is 55.5 Å². The maximum Gasteiger partial charge on any atom is 0.308 e. The minimum Gasteiger partial charge on any atom is -0.322 e. The molecule has 0 fully saturated rings. The Morgan fingerprint density at radius 2 is 1.74 bits per heavy atom. The van der Waals surface area contributed by atoms with Crippen LogP contribution in [0, 0.1) is 0 Å². The first kappa shape index (κ1) is 20.8. The molecule has 0 bridgehead atoms. The Kier molecular flexibility index (Phi) is 5.62. The molecular weight excluding hydrogens is 434 g/mol. The molecule has 0 saturated carbocycles. The lowest BCUT2D eigenvalue weighted by atomic mass is 10.2. The summed E-state index contributed by atoms with van der Waals surface area (Å²) >= 11 is 1.13. The van der Waals surface area contributed by atoms with Gasteiger partial charge in [-0.1, -0.05) is 35.6 Å². The minimum atomic E-state index is -3.76. The molecule has 0 saturated heterocycles. The second kappa shape index (κ2) is 8.37. The number of carbonyl (C=O) groups excluding carboxylic acids is 1. The van der Waals surface area contributed by atoms with Gasteiger partial charge >= 0.3 is 4.87 Å². The van der Waals surface area contributed by atoms with Crippen LogP contribution in [0.2, 0.25) is 0 Å². The average Bonchev–Trinajstić information content (AvgIpc) is 3.08. The van der Waals surface area contributed by atoms with Gasteiger partial charge in [-0.15, -0.1) is 0 Å². The summed E-state index contributed by atoms with van der Waals surface area (Å²) in [7, 11) is -3.76. The fourth-order valence-electron chi connectivity index (χ4n) is 3.18. The van der Waals surface area contributed by atoms with E-state index in [1.807, 2.05) is 6.92 Å². The van der Waals surface area contributed by atoms with E-state index in [4.69, 9.17) is 0 Å². The van der Waals surface area contributed by atoms with Gasteiger partial charge in [-0.2, -0.15) is 0 Å². The lowest BCUT2D eigenvalue weighted by molar-refractivity contribution is 0.102. The van der Waals surface area contributed by atoms with Crippen LogP contribution in [0.3, 0.4) is 0 Å². The highest BCUT2D eigenvalue weighted by atomic mass is 32.2. The van der Waals surface area contributed by atoms with Gasteiger partial charge < -0.3 is 5.32 Å². The van der Waals surface area contributed by atoms with Crippen LogP contribution in [0.1, 0.15) is 17.3 Å². The van der Waals surface area contributed by atoms with Crippen LogP contribution in [0.5, 0.6) is 0 Å². The van der Waals surface area contributed by atoms with Gasteiger partial charge in [0.05, 0.1) is 15.1 Å². The fourth-order valence-corrected chi connectivity index (χ4v) is 5.25. The van der Waals surface area contributed by atoms with Crippen LogP contribution in [-0.2, 0) is 16.6 Å². The number of nitrogens with one attached hydrogen (secondary N) is 2. The zero-order valence-electron chi connectivity index (χ0n) is 16.5. The molecule has 31 heavy (non-hydrogen) atoms. The maximum atomic E-state index is 12.7. The van der Waals surface area contributed by atoms with Crippen LogP contribution in [-0.4, -0.2) is 18.9 Å². The topological polar surface area (TPSA) is 97.3 Å². The van der Waals surface area contributed by atoms with Gasteiger partial charge in [0, 0.05) is 23.5 Å². The lowest BCUT2D eigenvalue weighted by Gasteiger charge is -2.10. The number of carbonyl (C=O) groups is 1. The summed E-state index contributed by atoms with van der Waals surface area (Å²) in [6.45, 7) is 2.48. The Morgan fingerprint density at radius 3 is 2.48 bits per heavy atom. The molecule has 0 aliphatic carbocycles. The van der Waals surface area contributed by atoms with Crippen molar-refractivity contribution in [3.63, 3.8) is 0 Å². The molecule has 0 aliphatic heterocycles. The second-order valence-electron chi connectivity index (χ2n) is 6.75. The molecule has 2 N–H and O–H groups in total. The fraction of sp³-hybridized carbons (Fsp3) is 0.0909. The molecule has 1 heterocycles. The normalized spacial score (nSPS) is 11.4. The van der Waals surface area contributed by atoms with E-state index < -0.39 is 10.0 Å². The van der Waals surface area contributed by atoms with Crippen molar-refractivity contribution in [3.8, 4) is 0 Å². The van der Waals surface area contributed by atoms with Crippen molar-refractivity contribution in [2.24, 2.45) is 0 Å². The van der Waals surface area contributed by atoms with Gasteiger partial charge in [0.15, 0.2) is 0 Å².